The van der Waals surface area contributed by atoms with Crippen LogP contribution < -0.4 is 15.5 Å². The second-order valence-corrected chi connectivity index (χ2v) is 8.66. The lowest BCUT2D eigenvalue weighted by Gasteiger charge is -2.55. The number of fused-ring (bicyclic) bond motifs is 1. The molecule has 2 heterocycles. The molecule has 0 amide bonds. The molecule has 3 aliphatic rings. The summed E-state index contributed by atoms with van der Waals surface area (Å²) in [6.45, 7) is 9.14. The zero-order valence-electron chi connectivity index (χ0n) is 17.3. The van der Waals surface area contributed by atoms with Crippen molar-refractivity contribution in [2.24, 2.45) is 16.3 Å². The van der Waals surface area contributed by atoms with Gasteiger partial charge in [0.15, 0.2) is 5.96 Å². The summed E-state index contributed by atoms with van der Waals surface area (Å²) in [5.41, 5.74) is 0.134. The van der Waals surface area contributed by atoms with E-state index in [1.807, 2.05) is 6.92 Å². The van der Waals surface area contributed by atoms with Crippen LogP contribution in [-0.4, -0.2) is 50.4 Å². The number of guanidine groups is 1. The first-order valence-corrected chi connectivity index (χ1v) is 10.3. The van der Waals surface area contributed by atoms with Gasteiger partial charge in [0.05, 0.1) is 6.10 Å². The van der Waals surface area contributed by atoms with Crippen LogP contribution >= 0.6 is 24.0 Å². The maximum Gasteiger partial charge on any atom is 0.191 e. The largest absolute Gasteiger partial charge is 0.377 e. The maximum absolute atomic E-state index is 14.1. The van der Waals surface area contributed by atoms with Gasteiger partial charge in [-0.3, -0.25) is 4.99 Å². The average molecular weight is 520 g/mol. The van der Waals surface area contributed by atoms with Gasteiger partial charge in [0, 0.05) is 49.7 Å². The molecule has 3 fully saturated rings. The number of nitrogens with zero attached hydrogens (tertiary/aromatic N) is 2. The molecular formula is C21H31F2IN4O. The zero-order chi connectivity index (χ0) is 19.9. The Morgan fingerprint density at radius 2 is 1.97 bits per heavy atom. The number of ether oxygens (including phenoxy) is 1. The molecule has 1 aromatic rings. The predicted octanol–water partition coefficient (Wildman–Crippen LogP) is 3.53. The smallest absolute Gasteiger partial charge is 0.191 e. The molecule has 1 aliphatic carbocycles. The molecule has 4 rings (SSSR count). The zero-order valence-corrected chi connectivity index (χ0v) is 19.6. The number of hydrogen-bond donors (Lipinski definition) is 2. The van der Waals surface area contributed by atoms with E-state index in [9.17, 15) is 8.78 Å². The van der Waals surface area contributed by atoms with E-state index in [-0.39, 0.29) is 41.1 Å². The molecular weight excluding hydrogens is 489 g/mol. The van der Waals surface area contributed by atoms with Crippen molar-refractivity contribution in [3.8, 4) is 0 Å². The van der Waals surface area contributed by atoms with E-state index in [1.165, 1.54) is 18.2 Å². The predicted molar refractivity (Wildman–Crippen MR) is 122 cm³/mol. The van der Waals surface area contributed by atoms with Crippen LogP contribution in [0.4, 0.5) is 14.5 Å². The van der Waals surface area contributed by atoms with Gasteiger partial charge in [0.25, 0.3) is 0 Å². The molecule has 0 aromatic heterocycles. The van der Waals surface area contributed by atoms with Crippen LogP contribution in [0.5, 0.6) is 0 Å². The van der Waals surface area contributed by atoms with Gasteiger partial charge in [0.1, 0.15) is 17.3 Å². The summed E-state index contributed by atoms with van der Waals surface area (Å²) >= 11 is 0. The van der Waals surface area contributed by atoms with Crippen LogP contribution in [-0.2, 0) is 4.74 Å². The van der Waals surface area contributed by atoms with Crippen LogP contribution in [0.3, 0.4) is 0 Å². The van der Waals surface area contributed by atoms with Crippen LogP contribution in [0.2, 0.25) is 0 Å². The lowest BCUT2D eigenvalue weighted by molar-refractivity contribution is -0.106. The van der Waals surface area contributed by atoms with Crippen molar-refractivity contribution in [2.75, 3.05) is 31.1 Å². The quantitative estimate of drug-likeness (QED) is 0.363. The van der Waals surface area contributed by atoms with E-state index >= 15 is 0 Å². The maximum atomic E-state index is 14.1. The second-order valence-electron chi connectivity index (χ2n) is 8.66. The number of hydrogen-bond acceptors (Lipinski definition) is 3. The molecule has 1 aromatic carbocycles. The molecule has 1 saturated carbocycles. The van der Waals surface area contributed by atoms with Crippen molar-refractivity contribution in [1.82, 2.24) is 10.6 Å². The van der Waals surface area contributed by atoms with E-state index in [0.29, 0.717) is 37.7 Å². The van der Waals surface area contributed by atoms with Crippen molar-refractivity contribution in [3.05, 3.63) is 29.8 Å². The monoisotopic (exact) mass is 520 g/mol. The first kappa shape index (κ1) is 22.5. The Kier molecular flexibility index (Phi) is 6.92. The molecule has 162 valence electrons. The molecule has 2 saturated heterocycles. The minimum absolute atomic E-state index is 0. The summed E-state index contributed by atoms with van der Waals surface area (Å²) in [6, 6.07) is 4.43. The van der Waals surface area contributed by atoms with E-state index in [0.717, 1.165) is 25.4 Å². The summed E-state index contributed by atoms with van der Waals surface area (Å²) in [7, 11) is 0. The van der Waals surface area contributed by atoms with E-state index in [2.05, 4.69) is 29.5 Å². The van der Waals surface area contributed by atoms with Crippen molar-refractivity contribution < 1.29 is 13.5 Å². The SMILES string of the molecule is CCN=C(NC1CCN(c2c(F)cccc2F)C1)NC1C2CCOC2C1(C)C.I. The van der Waals surface area contributed by atoms with E-state index < -0.39 is 11.6 Å². The number of aliphatic imine (C=N–C) groups is 1. The minimum Gasteiger partial charge on any atom is -0.377 e. The van der Waals surface area contributed by atoms with Gasteiger partial charge in [-0.25, -0.2) is 8.78 Å². The number of para-hydroxylation sites is 1. The van der Waals surface area contributed by atoms with Crippen LogP contribution in [0.15, 0.2) is 23.2 Å². The van der Waals surface area contributed by atoms with Gasteiger partial charge < -0.3 is 20.3 Å². The van der Waals surface area contributed by atoms with Gasteiger partial charge in [-0.15, -0.1) is 24.0 Å². The first-order chi connectivity index (χ1) is 13.4. The first-order valence-electron chi connectivity index (χ1n) is 10.3. The third-order valence-electron chi connectivity index (χ3n) is 6.49. The highest BCUT2D eigenvalue weighted by atomic mass is 127. The summed E-state index contributed by atoms with van der Waals surface area (Å²) in [5.74, 6) is 0.285. The normalized spacial score (nSPS) is 30.4. The number of benzene rings is 1. The van der Waals surface area contributed by atoms with E-state index in [4.69, 9.17) is 4.74 Å². The number of halogens is 3. The Labute approximate surface area is 188 Å². The average Bonchev–Trinajstić information content (AvgIpc) is 3.28. The fraction of sp³-hybridized carbons (Fsp3) is 0.667. The Balaban J connectivity index is 0.00000240. The number of rotatable bonds is 4. The highest BCUT2D eigenvalue weighted by Gasteiger charge is 2.59. The number of nitrogens with one attached hydrogen (secondary N) is 2. The highest BCUT2D eigenvalue weighted by molar-refractivity contribution is 14.0. The second kappa shape index (κ2) is 8.91. The molecule has 0 spiro atoms. The van der Waals surface area contributed by atoms with Gasteiger partial charge in [-0.05, 0) is 31.9 Å². The molecule has 2 aliphatic heterocycles. The molecule has 0 bridgehead atoms. The molecule has 4 unspecified atom stereocenters. The molecule has 5 nitrogen and oxygen atoms in total. The molecule has 29 heavy (non-hydrogen) atoms. The van der Waals surface area contributed by atoms with Gasteiger partial charge in [-0.1, -0.05) is 19.9 Å². The van der Waals surface area contributed by atoms with Gasteiger partial charge >= 0.3 is 0 Å². The fourth-order valence-corrected chi connectivity index (χ4v) is 5.12. The fourth-order valence-electron chi connectivity index (χ4n) is 5.12. The Bertz CT molecular complexity index is 740. The molecule has 2 N–H and O–H groups in total. The summed E-state index contributed by atoms with van der Waals surface area (Å²) < 4.78 is 34.1. The Hall–Kier alpha value is -1.16. The lowest BCUT2D eigenvalue weighted by Crippen LogP contribution is -2.68. The van der Waals surface area contributed by atoms with Gasteiger partial charge in [-0.2, -0.15) is 0 Å². The Morgan fingerprint density at radius 1 is 1.24 bits per heavy atom. The van der Waals surface area contributed by atoms with Gasteiger partial charge in [0.2, 0.25) is 0 Å². The van der Waals surface area contributed by atoms with Crippen molar-refractivity contribution >= 4 is 35.6 Å². The van der Waals surface area contributed by atoms with Crippen molar-refractivity contribution in [3.63, 3.8) is 0 Å². The van der Waals surface area contributed by atoms with E-state index in [1.54, 1.807) is 4.90 Å². The van der Waals surface area contributed by atoms with Crippen LogP contribution in [0.1, 0.15) is 33.6 Å². The van der Waals surface area contributed by atoms with Crippen molar-refractivity contribution in [1.29, 1.82) is 0 Å². The molecule has 4 atom stereocenters. The van der Waals surface area contributed by atoms with Crippen LogP contribution in [0.25, 0.3) is 0 Å². The summed E-state index contributed by atoms with van der Waals surface area (Å²) in [4.78, 5) is 6.39. The van der Waals surface area contributed by atoms with Crippen LogP contribution in [0, 0.1) is 23.0 Å². The topological polar surface area (TPSA) is 48.9 Å². The minimum atomic E-state index is -0.510. The third-order valence-corrected chi connectivity index (χ3v) is 6.49. The standard InChI is InChI=1S/C21H30F2N4O.HI/c1-4-24-20(26-18-14-9-11-28-19(14)21(18,2)3)25-13-8-10-27(12-13)17-15(22)6-5-7-16(17)23;/h5-7,13-14,18-19H,4,8-12H2,1-3H3,(H2,24,25,26);1H. The molecule has 0 radical (unpaired) electrons. The number of anilines is 1. The summed E-state index contributed by atoms with van der Waals surface area (Å²) in [5, 5.41) is 7.10. The Morgan fingerprint density at radius 3 is 2.66 bits per heavy atom. The highest BCUT2D eigenvalue weighted by Crippen LogP contribution is 2.52. The molecule has 8 heteroatoms. The van der Waals surface area contributed by atoms with Crippen molar-refractivity contribution in [2.45, 2.75) is 51.8 Å². The third kappa shape index (κ3) is 4.19. The summed E-state index contributed by atoms with van der Waals surface area (Å²) in [6.07, 6.45) is 2.20. The lowest BCUT2D eigenvalue weighted by atomic mass is 9.57.